The molecule has 3 rings (SSSR count). The summed E-state index contributed by atoms with van der Waals surface area (Å²) in [6, 6.07) is 8.66. The van der Waals surface area contributed by atoms with Crippen molar-refractivity contribution in [1.82, 2.24) is 14.5 Å². The maximum Gasteiger partial charge on any atom is 0.262 e. The van der Waals surface area contributed by atoms with Gasteiger partial charge in [0.2, 0.25) is 0 Å². The van der Waals surface area contributed by atoms with E-state index in [1.165, 1.54) is 17.0 Å². The van der Waals surface area contributed by atoms with Crippen molar-refractivity contribution >= 4 is 26.8 Å². The number of aromatic nitrogens is 3. The summed E-state index contributed by atoms with van der Waals surface area (Å²) in [6.07, 6.45) is 3.10. The van der Waals surface area contributed by atoms with Gasteiger partial charge in [0.15, 0.2) is 0 Å². The van der Waals surface area contributed by atoms with Crippen molar-refractivity contribution in [2.24, 2.45) is 0 Å². The van der Waals surface area contributed by atoms with Gasteiger partial charge in [-0.15, -0.1) is 0 Å². The summed E-state index contributed by atoms with van der Waals surface area (Å²) in [6.45, 7) is 0.338. The van der Waals surface area contributed by atoms with Crippen LogP contribution in [0.15, 0.2) is 52.1 Å². The second-order valence-corrected chi connectivity index (χ2v) is 5.14. The van der Waals surface area contributed by atoms with Gasteiger partial charge >= 0.3 is 0 Å². The van der Waals surface area contributed by atoms with Crippen molar-refractivity contribution in [2.45, 2.75) is 6.54 Å². The fraction of sp³-hybridized carbons (Fsp3) is 0.0714. The van der Waals surface area contributed by atoms with Gasteiger partial charge in [-0.25, -0.2) is 4.98 Å². The third kappa shape index (κ3) is 2.18. The van der Waals surface area contributed by atoms with E-state index in [0.29, 0.717) is 21.9 Å². The number of phenolic OH excluding ortho intramolecular Hbond substituents is 1. The Balaban J connectivity index is 2.17. The first kappa shape index (κ1) is 12.8. The Hall–Kier alpha value is -2.21. The second-order valence-electron chi connectivity index (χ2n) is 4.29. The number of pyridine rings is 1. The van der Waals surface area contributed by atoms with Crippen LogP contribution in [-0.4, -0.2) is 19.6 Å². The van der Waals surface area contributed by atoms with E-state index in [9.17, 15) is 9.90 Å². The summed E-state index contributed by atoms with van der Waals surface area (Å²) in [7, 11) is 0. The highest BCUT2D eigenvalue weighted by Gasteiger charge is 2.11. The molecule has 0 aliphatic carbocycles. The fourth-order valence-electron chi connectivity index (χ4n) is 1.99. The molecule has 0 amide bonds. The van der Waals surface area contributed by atoms with Gasteiger partial charge in [-0.2, -0.15) is 0 Å². The van der Waals surface area contributed by atoms with E-state index in [0.717, 1.165) is 5.69 Å². The van der Waals surface area contributed by atoms with Gasteiger partial charge in [0.1, 0.15) is 11.3 Å². The molecule has 0 fully saturated rings. The van der Waals surface area contributed by atoms with Crippen molar-refractivity contribution in [3.63, 3.8) is 0 Å². The quantitative estimate of drug-likeness (QED) is 0.782. The number of rotatable bonds is 2. The van der Waals surface area contributed by atoms with Crippen molar-refractivity contribution < 1.29 is 5.11 Å². The number of fused-ring (bicyclic) bond motifs is 1. The maximum atomic E-state index is 12.5. The summed E-state index contributed by atoms with van der Waals surface area (Å²) in [4.78, 5) is 20.8. The van der Waals surface area contributed by atoms with E-state index in [-0.39, 0.29) is 11.3 Å². The van der Waals surface area contributed by atoms with E-state index in [2.05, 4.69) is 25.9 Å². The van der Waals surface area contributed by atoms with Crippen LogP contribution in [0.25, 0.3) is 10.9 Å². The largest absolute Gasteiger partial charge is 0.506 e. The highest BCUT2D eigenvalue weighted by atomic mass is 79.9. The van der Waals surface area contributed by atoms with E-state index in [4.69, 9.17) is 0 Å². The number of phenols is 1. The zero-order valence-electron chi connectivity index (χ0n) is 10.3. The third-order valence-corrected chi connectivity index (χ3v) is 3.63. The monoisotopic (exact) mass is 331 g/mol. The van der Waals surface area contributed by atoms with Gasteiger partial charge in [-0.3, -0.25) is 14.3 Å². The summed E-state index contributed by atoms with van der Waals surface area (Å²) < 4.78 is 2.08. The molecule has 2 aromatic heterocycles. The average molecular weight is 332 g/mol. The summed E-state index contributed by atoms with van der Waals surface area (Å²) in [5.74, 6) is -0.00899. The van der Waals surface area contributed by atoms with Crippen LogP contribution in [0.5, 0.6) is 5.75 Å². The van der Waals surface area contributed by atoms with Crippen LogP contribution < -0.4 is 5.56 Å². The lowest BCUT2D eigenvalue weighted by Crippen LogP contribution is -2.21. The van der Waals surface area contributed by atoms with Gasteiger partial charge in [-0.1, -0.05) is 6.07 Å². The SMILES string of the molecule is O=c1c2c(Br)ccc(O)c2ncn1Cc1ccccn1. The zero-order chi connectivity index (χ0) is 14.1. The Morgan fingerprint density at radius 2 is 2.05 bits per heavy atom. The van der Waals surface area contributed by atoms with E-state index in [1.54, 1.807) is 12.3 Å². The Labute approximate surface area is 122 Å². The van der Waals surface area contributed by atoms with Gasteiger partial charge in [0, 0.05) is 10.7 Å². The van der Waals surface area contributed by atoms with Crippen molar-refractivity contribution in [1.29, 1.82) is 0 Å². The van der Waals surface area contributed by atoms with Crippen LogP contribution in [0.3, 0.4) is 0 Å². The maximum absolute atomic E-state index is 12.5. The molecular weight excluding hydrogens is 322 g/mol. The smallest absolute Gasteiger partial charge is 0.262 e. The molecule has 0 saturated carbocycles. The molecule has 3 aromatic rings. The normalized spacial score (nSPS) is 10.8. The molecule has 0 atom stereocenters. The minimum absolute atomic E-state index is 0.00899. The highest BCUT2D eigenvalue weighted by molar-refractivity contribution is 9.10. The Morgan fingerprint density at radius 3 is 2.80 bits per heavy atom. The van der Waals surface area contributed by atoms with Crippen LogP contribution in [0, 0.1) is 0 Å². The van der Waals surface area contributed by atoms with E-state index >= 15 is 0 Å². The Kier molecular flexibility index (Phi) is 3.23. The minimum atomic E-state index is -0.219. The number of halogens is 1. The molecule has 5 nitrogen and oxygen atoms in total. The molecule has 1 N–H and O–H groups in total. The standard InChI is InChI=1S/C14H10BrN3O2/c15-10-4-5-11(19)13-12(10)14(20)18(8-17-13)7-9-3-1-2-6-16-9/h1-6,8,19H,7H2. The second kappa shape index (κ2) is 5.05. The molecule has 0 unspecified atom stereocenters. The molecule has 2 heterocycles. The molecule has 0 aliphatic heterocycles. The molecule has 0 radical (unpaired) electrons. The van der Waals surface area contributed by atoms with Crippen LogP contribution in [0.4, 0.5) is 0 Å². The van der Waals surface area contributed by atoms with Crippen LogP contribution in [-0.2, 0) is 6.54 Å². The third-order valence-electron chi connectivity index (χ3n) is 2.97. The Morgan fingerprint density at radius 1 is 1.20 bits per heavy atom. The lowest BCUT2D eigenvalue weighted by Gasteiger charge is -2.08. The summed E-state index contributed by atoms with van der Waals surface area (Å²) in [5, 5.41) is 10.1. The fourth-order valence-corrected chi connectivity index (χ4v) is 2.48. The average Bonchev–Trinajstić information content (AvgIpc) is 2.46. The first-order valence-electron chi connectivity index (χ1n) is 5.93. The van der Waals surface area contributed by atoms with Gasteiger partial charge in [0.25, 0.3) is 5.56 Å². The summed E-state index contributed by atoms with van der Waals surface area (Å²) >= 11 is 3.32. The first-order valence-corrected chi connectivity index (χ1v) is 6.72. The van der Waals surface area contributed by atoms with Gasteiger partial charge in [0.05, 0.1) is 24.0 Å². The molecular formula is C14H10BrN3O2. The molecule has 0 aliphatic rings. The number of aromatic hydroxyl groups is 1. The van der Waals surface area contributed by atoms with Crippen molar-refractivity contribution in [3.8, 4) is 5.75 Å². The molecule has 0 saturated heterocycles. The van der Waals surface area contributed by atoms with Crippen LogP contribution in [0.2, 0.25) is 0 Å². The van der Waals surface area contributed by atoms with Gasteiger partial charge in [-0.05, 0) is 40.2 Å². The number of benzene rings is 1. The molecule has 0 bridgehead atoms. The molecule has 6 heteroatoms. The Bertz CT molecular complexity index is 831. The van der Waals surface area contributed by atoms with Crippen molar-refractivity contribution in [3.05, 3.63) is 63.4 Å². The van der Waals surface area contributed by atoms with Gasteiger partial charge < -0.3 is 5.11 Å². The van der Waals surface area contributed by atoms with Crippen LogP contribution in [0.1, 0.15) is 5.69 Å². The molecule has 1 aromatic carbocycles. The first-order chi connectivity index (χ1) is 9.66. The van der Waals surface area contributed by atoms with E-state index < -0.39 is 0 Å². The number of nitrogens with zero attached hydrogens (tertiary/aromatic N) is 3. The number of hydrogen-bond acceptors (Lipinski definition) is 4. The molecule has 0 spiro atoms. The number of hydrogen-bond donors (Lipinski definition) is 1. The van der Waals surface area contributed by atoms with Crippen LogP contribution >= 0.6 is 15.9 Å². The summed E-state index contributed by atoms with van der Waals surface area (Å²) in [5.41, 5.74) is 0.845. The minimum Gasteiger partial charge on any atom is -0.506 e. The molecule has 20 heavy (non-hydrogen) atoms. The predicted octanol–water partition coefficient (Wildman–Crippen LogP) is 2.31. The highest BCUT2D eigenvalue weighted by Crippen LogP contribution is 2.26. The van der Waals surface area contributed by atoms with Crippen molar-refractivity contribution in [2.75, 3.05) is 0 Å². The zero-order valence-corrected chi connectivity index (χ0v) is 11.9. The lowest BCUT2D eigenvalue weighted by atomic mass is 10.2. The molecule has 100 valence electrons. The van der Waals surface area contributed by atoms with E-state index in [1.807, 2.05) is 18.2 Å². The topological polar surface area (TPSA) is 68.0 Å². The predicted molar refractivity (Wildman–Crippen MR) is 78.7 cm³/mol. The lowest BCUT2D eigenvalue weighted by molar-refractivity contribution is 0.480.